The second kappa shape index (κ2) is 6.92. The fourth-order valence-corrected chi connectivity index (χ4v) is 2.72. The number of carbonyl (C=O) groups excluding carboxylic acids is 1. The molecule has 0 fully saturated rings. The zero-order valence-electron chi connectivity index (χ0n) is 11.2. The highest BCUT2D eigenvalue weighted by Gasteiger charge is 2.28. The standard InChI is InChI=1S/C12H17ClN2O4S/c1-8(20(17,18)6-5-19-2)12(16)15-11-7-9(13)3-4-10(11)14/h3-4,7-8H,5-6,14H2,1-2H3,(H,15,16). The van der Waals surface area contributed by atoms with Crippen molar-refractivity contribution in [3.63, 3.8) is 0 Å². The van der Waals surface area contributed by atoms with E-state index >= 15 is 0 Å². The number of hydrogen-bond donors (Lipinski definition) is 2. The number of ether oxygens (including phenoxy) is 1. The van der Waals surface area contributed by atoms with Crippen molar-refractivity contribution < 1.29 is 17.9 Å². The van der Waals surface area contributed by atoms with Gasteiger partial charge in [-0.05, 0) is 25.1 Å². The van der Waals surface area contributed by atoms with E-state index in [0.29, 0.717) is 10.7 Å². The van der Waals surface area contributed by atoms with E-state index in [0.717, 1.165) is 0 Å². The summed E-state index contributed by atoms with van der Waals surface area (Å²) < 4.78 is 28.5. The largest absolute Gasteiger partial charge is 0.397 e. The Bertz CT molecular complexity index is 589. The van der Waals surface area contributed by atoms with Crippen LogP contribution in [0.4, 0.5) is 11.4 Å². The number of halogens is 1. The highest BCUT2D eigenvalue weighted by Crippen LogP contribution is 2.23. The number of carbonyl (C=O) groups is 1. The molecule has 1 unspecified atom stereocenters. The summed E-state index contributed by atoms with van der Waals surface area (Å²) in [6.45, 7) is 1.36. The molecule has 0 saturated heterocycles. The van der Waals surface area contributed by atoms with Gasteiger partial charge < -0.3 is 15.8 Å². The number of anilines is 2. The van der Waals surface area contributed by atoms with Crippen molar-refractivity contribution >= 4 is 38.7 Å². The van der Waals surface area contributed by atoms with Gasteiger partial charge in [-0.2, -0.15) is 0 Å². The number of nitrogens with two attached hydrogens (primary N) is 1. The molecule has 1 amide bonds. The molecule has 20 heavy (non-hydrogen) atoms. The Hall–Kier alpha value is -1.31. The Morgan fingerprint density at radius 3 is 2.75 bits per heavy atom. The number of benzene rings is 1. The minimum absolute atomic E-state index is 0.0409. The van der Waals surface area contributed by atoms with Crippen LogP contribution in [-0.2, 0) is 19.4 Å². The van der Waals surface area contributed by atoms with Crippen LogP contribution in [0, 0.1) is 0 Å². The van der Waals surface area contributed by atoms with Crippen LogP contribution in [0.2, 0.25) is 5.02 Å². The molecule has 1 aromatic carbocycles. The molecule has 0 heterocycles. The lowest BCUT2D eigenvalue weighted by molar-refractivity contribution is -0.115. The molecule has 6 nitrogen and oxygen atoms in total. The van der Waals surface area contributed by atoms with Gasteiger partial charge in [-0.15, -0.1) is 0 Å². The van der Waals surface area contributed by atoms with E-state index in [-0.39, 0.29) is 18.0 Å². The Labute approximate surface area is 123 Å². The fourth-order valence-electron chi connectivity index (χ4n) is 1.41. The van der Waals surface area contributed by atoms with Crippen molar-refractivity contribution in [2.75, 3.05) is 30.5 Å². The van der Waals surface area contributed by atoms with Gasteiger partial charge in [-0.3, -0.25) is 4.79 Å². The Balaban J connectivity index is 2.83. The molecular formula is C12H17ClN2O4S. The lowest BCUT2D eigenvalue weighted by Crippen LogP contribution is -2.35. The van der Waals surface area contributed by atoms with E-state index in [9.17, 15) is 13.2 Å². The van der Waals surface area contributed by atoms with Crippen molar-refractivity contribution in [2.45, 2.75) is 12.2 Å². The van der Waals surface area contributed by atoms with E-state index in [1.807, 2.05) is 0 Å². The zero-order valence-corrected chi connectivity index (χ0v) is 12.8. The van der Waals surface area contributed by atoms with Crippen LogP contribution >= 0.6 is 11.6 Å². The minimum Gasteiger partial charge on any atom is -0.397 e. The highest BCUT2D eigenvalue weighted by molar-refractivity contribution is 7.92. The number of nitrogen functional groups attached to an aromatic ring is 1. The molecule has 1 atom stereocenters. The van der Waals surface area contributed by atoms with Crippen LogP contribution in [0.15, 0.2) is 18.2 Å². The minimum atomic E-state index is -3.58. The topological polar surface area (TPSA) is 98.5 Å². The molecule has 0 aromatic heterocycles. The summed E-state index contributed by atoms with van der Waals surface area (Å²) in [4.78, 5) is 12.0. The first-order valence-electron chi connectivity index (χ1n) is 5.84. The second-order valence-electron chi connectivity index (χ2n) is 4.22. The molecule has 0 aliphatic heterocycles. The molecule has 1 rings (SSSR count). The normalized spacial score (nSPS) is 12.9. The number of rotatable bonds is 6. The van der Waals surface area contributed by atoms with E-state index in [2.05, 4.69) is 5.32 Å². The molecule has 1 aromatic rings. The van der Waals surface area contributed by atoms with E-state index in [1.54, 1.807) is 6.07 Å². The highest BCUT2D eigenvalue weighted by atomic mass is 35.5. The van der Waals surface area contributed by atoms with Gasteiger partial charge in [0.1, 0.15) is 5.25 Å². The van der Waals surface area contributed by atoms with Crippen LogP contribution in [0.1, 0.15) is 6.92 Å². The smallest absolute Gasteiger partial charge is 0.242 e. The number of nitrogens with one attached hydrogen (secondary N) is 1. The molecule has 0 spiro atoms. The maximum Gasteiger partial charge on any atom is 0.242 e. The third-order valence-electron chi connectivity index (χ3n) is 2.75. The van der Waals surface area contributed by atoms with Crippen LogP contribution in [0.5, 0.6) is 0 Å². The molecule has 112 valence electrons. The Kier molecular flexibility index (Phi) is 5.79. The molecule has 0 radical (unpaired) electrons. The summed E-state index contributed by atoms with van der Waals surface area (Å²) in [6, 6.07) is 4.57. The maximum atomic E-state index is 12.0. The Morgan fingerprint density at radius 2 is 2.15 bits per heavy atom. The van der Waals surface area contributed by atoms with Crippen LogP contribution in [0.3, 0.4) is 0 Å². The van der Waals surface area contributed by atoms with Crippen molar-refractivity contribution in [1.82, 2.24) is 0 Å². The quantitative estimate of drug-likeness (QED) is 0.770. The molecule has 0 aliphatic carbocycles. The number of methoxy groups -OCH3 is 1. The fraction of sp³-hybridized carbons (Fsp3) is 0.417. The summed E-state index contributed by atoms with van der Waals surface area (Å²) in [5, 5.41) is 1.66. The van der Waals surface area contributed by atoms with Crippen molar-refractivity contribution in [3.05, 3.63) is 23.2 Å². The van der Waals surface area contributed by atoms with Crippen LogP contribution in [-0.4, -0.2) is 39.0 Å². The summed E-state index contributed by atoms with van der Waals surface area (Å²) in [6.07, 6.45) is 0. The summed E-state index contributed by atoms with van der Waals surface area (Å²) in [5.74, 6) is -0.876. The van der Waals surface area contributed by atoms with Gasteiger partial charge >= 0.3 is 0 Å². The van der Waals surface area contributed by atoms with E-state index in [4.69, 9.17) is 22.1 Å². The first kappa shape index (κ1) is 16.7. The van der Waals surface area contributed by atoms with Gasteiger partial charge in [0.05, 0.1) is 23.7 Å². The first-order chi connectivity index (χ1) is 9.27. The number of amides is 1. The van der Waals surface area contributed by atoms with Gasteiger partial charge in [0, 0.05) is 12.1 Å². The van der Waals surface area contributed by atoms with Gasteiger partial charge in [-0.25, -0.2) is 8.42 Å². The average molecular weight is 321 g/mol. The summed E-state index contributed by atoms with van der Waals surface area (Å²) in [7, 11) is -2.18. The van der Waals surface area contributed by atoms with Gasteiger partial charge in [-0.1, -0.05) is 11.6 Å². The predicted molar refractivity (Wildman–Crippen MR) is 79.6 cm³/mol. The molecule has 0 aliphatic rings. The van der Waals surface area contributed by atoms with Crippen molar-refractivity contribution in [3.8, 4) is 0 Å². The van der Waals surface area contributed by atoms with Crippen LogP contribution < -0.4 is 11.1 Å². The first-order valence-corrected chi connectivity index (χ1v) is 7.93. The lowest BCUT2D eigenvalue weighted by Gasteiger charge is -2.14. The molecule has 0 saturated carbocycles. The summed E-state index contributed by atoms with van der Waals surface area (Å²) in [5.41, 5.74) is 6.28. The number of hydrogen-bond acceptors (Lipinski definition) is 5. The molecule has 8 heteroatoms. The monoisotopic (exact) mass is 320 g/mol. The van der Waals surface area contributed by atoms with E-state index < -0.39 is 21.0 Å². The SMILES string of the molecule is COCCS(=O)(=O)C(C)C(=O)Nc1cc(Cl)ccc1N. The van der Waals surface area contributed by atoms with Gasteiger partial charge in [0.15, 0.2) is 9.84 Å². The average Bonchev–Trinajstić information content (AvgIpc) is 2.39. The third kappa shape index (κ3) is 4.36. The lowest BCUT2D eigenvalue weighted by atomic mass is 10.2. The maximum absolute atomic E-state index is 12.0. The molecule has 0 bridgehead atoms. The van der Waals surface area contributed by atoms with Gasteiger partial charge in [0.25, 0.3) is 0 Å². The van der Waals surface area contributed by atoms with Crippen molar-refractivity contribution in [1.29, 1.82) is 0 Å². The molecule has 3 N–H and O–H groups in total. The molecular weight excluding hydrogens is 304 g/mol. The third-order valence-corrected chi connectivity index (χ3v) is 5.02. The summed E-state index contributed by atoms with van der Waals surface area (Å²) >= 11 is 5.80. The Morgan fingerprint density at radius 1 is 1.50 bits per heavy atom. The van der Waals surface area contributed by atoms with Crippen LogP contribution in [0.25, 0.3) is 0 Å². The van der Waals surface area contributed by atoms with Gasteiger partial charge in [0.2, 0.25) is 5.91 Å². The van der Waals surface area contributed by atoms with Crippen molar-refractivity contribution in [2.24, 2.45) is 0 Å². The number of sulfone groups is 1. The zero-order chi connectivity index (χ0) is 15.3. The van der Waals surface area contributed by atoms with E-state index in [1.165, 1.54) is 26.2 Å². The predicted octanol–water partition coefficient (Wildman–Crippen LogP) is 1.31. The second-order valence-corrected chi connectivity index (χ2v) is 7.10.